The van der Waals surface area contributed by atoms with Gasteiger partial charge in [-0.15, -0.1) is 0 Å². The molecule has 1 fully saturated rings. The first-order valence-electron chi connectivity index (χ1n) is 9.63. The highest BCUT2D eigenvalue weighted by atomic mass is 32.1. The second-order valence-electron chi connectivity index (χ2n) is 7.10. The summed E-state index contributed by atoms with van der Waals surface area (Å²) in [4.78, 5) is 14.7. The Kier molecular flexibility index (Phi) is 5.11. The molecular weight excluding hydrogens is 382 g/mol. The first-order chi connectivity index (χ1) is 14.0. The first-order valence-corrected chi connectivity index (χ1v) is 10.0. The normalized spacial score (nSPS) is 15.4. The van der Waals surface area contributed by atoms with Gasteiger partial charge in [-0.2, -0.15) is 0 Å². The van der Waals surface area contributed by atoms with Gasteiger partial charge in [0.1, 0.15) is 11.5 Å². The lowest BCUT2D eigenvalue weighted by Crippen LogP contribution is -2.31. The van der Waals surface area contributed by atoms with Gasteiger partial charge in [-0.1, -0.05) is 25.1 Å². The molecule has 0 atom stereocenters. The minimum absolute atomic E-state index is 0.133. The maximum absolute atomic E-state index is 13.1. The van der Waals surface area contributed by atoms with E-state index in [1.165, 1.54) is 0 Å². The number of anilines is 1. The third-order valence-electron chi connectivity index (χ3n) is 5.30. The summed E-state index contributed by atoms with van der Waals surface area (Å²) in [5.74, 6) is 0.760. The van der Waals surface area contributed by atoms with E-state index < -0.39 is 0 Å². The highest BCUT2D eigenvalue weighted by Crippen LogP contribution is 2.27. The quantitative estimate of drug-likeness (QED) is 0.499. The third kappa shape index (κ3) is 3.51. The van der Waals surface area contributed by atoms with Crippen LogP contribution in [0.3, 0.4) is 0 Å². The number of aromatic nitrogens is 1. The van der Waals surface area contributed by atoms with Crippen molar-refractivity contribution in [2.24, 2.45) is 0 Å². The van der Waals surface area contributed by atoms with Crippen LogP contribution in [0.4, 0.5) is 5.69 Å². The SMILES string of the molecule is CCc1ccccc1N1C(=O)/C(=C\c2cc(C)n(Cc3ccco3)c2C)NC1=S. The van der Waals surface area contributed by atoms with E-state index in [2.05, 4.69) is 29.8 Å². The topological polar surface area (TPSA) is 50.4 Å². The van der Waals surface area contributed by atoms with E-state index in [1.807, 2.05) is 49.4 Å². The summed E-state index contributed by atoms with van der Waals surface area (Å²) in [5.41, 5.74) is 5.57. The molecule has 1 aromatic carbocycles. The van der Waals surface area contributed by atoms with E-state index in [0.29, 0.717) is 17.4 Å². The van der Waals surface area contributed by atoms with Crippen molar-refractivity contribution in [3.8, 4) is 0 Å². The zero-order valence-electron chi connectivity index (χ0n) is 16.7. The van der Waals surface area contributed by atoms with E-state index in [4.69, 9.17) is 16.6 Å². The number of nitrogens with one attached hydrogen (secondary N) is 1. The van der Waals surface area contributed by atoms with E-state index in [0.717, 1.165) is 40.4 Å². The molecule has 1 amide bonds. The molecule has 3 aromatic rings. The van der Waals surface area contributed by atoms with Gasteiger partial charge in [0.2, 0.25) is 0 Å². The van der Waals surface area contributed by atoms with E-state index in [9.17, 15) is 4.79 Å². The molecule has 0 unspecified atom stereocenters. The molecule has 5 nitrogen and oxygen atoms in total. The van der Waals surface area contributed by atoms with Gasteiger partial charge in [-0.25, -0.2) is 0 Å². The van der Waals surface area contributed by atoms with Gasteiger partial charge in [-0.05, 0) is 74.0 Å². The molecule has 1 aliphatic rings. The van der Waals surface area contributed by atoms with Crippen molar-refractivity contribution in [3.05, 3.63) is 82.7 Å². The van der Waals surface area contributed by atoms with Crippen molar-refractivity contribution in [2.75, 3.05) is 4.90 Å². The summed E-state index contributed by atoms with van der Waals surface area (Å²) in [7, 11) is 0. The van der Waals surface area contributed by atoms with Crippen molar-refractivity contribution in [1.82, 2.24) is 9.88 Å². The summed E-state index contributed by atoms with van der Waals surface area (Å²) in [6.07, 6.45) is 4.39. The Morgan fingerprint density at radius 3 is 2.69 bits per heavy atom. The Morgan fingerprint density at radius 2 is 1.97 bits per heavy atom. The Hall–Kier alpha value is -3.12. The second kappa shape index (κ2) is 7.72. The summed E-state index contributed by atoms with van der Waals surface area (Å²) in [5, 5.41) is 3.50. The number of para-hydroxylation sites is 1. The van der Waals surface area contributed by atoms with Crippen LogP contribution in [-0.2, 0) is 17.8 Å². The Bertz CT molecular complexity index is 1110. The summed E-state index contributed by atoms with van der Waals surface area (Å²) < 4.78 is 7.65. The van der Waals surface area contributed by atoms with Gasteiger partial charge < -0.3 is 14.3 Å². The van der Waals surface area contributed by atoms with Crippen molar-refractivity contribution in [1.29, 1.82) is 0 Å². The van der Waals surface area contributed by atoms with Gasteiger partial charge in [-0.3, -0.25) is 9.69 Å². The van der Waals surface area contributed by atoms with Gasteiger partial charge in [0.15, 0.2) is 5.11 Å². The fourth-order valence-corrected chi connectivity index (χ4v) is 4.00. The van der Waals surface area contributed by atoms with E-state index >= 15 is 0 Å². The Balaban J connectivity index is 1.66. The summed E-state index contributed by atoms with van der Waals surface area (Å²) >= 11 is 5.48. The Labute approximate surface area is 175 Å². The molecular formula is C23H23N3O2S. The van der Waals surface area contributed by atoms with Crippen molar-refractivity contribution < 1.29 is 9.21 Å². The molecule has 6 heteroatoms. The number of rotatable bonds is 5. The van der Waals surface area contributed by atoms with Crippen LogP contribution in [0.2, 0.25) is 0 Å². The largest absolute Gasteiger partial charge is 0.467 e. The number of hydrogen-bond acceptors (Lipinski definition) is 3. The molecule has 0 bridgehead atoms. The van der Waals surface area contributed by atoms with Crippen LogP contribution in [0, 0.1) is 13.8 Å². The third-order valence-corrected chi connectivity index (χ3v) is 5.58. The average molecular weight is 406 g/mol. The number of hydrogen-bond donors (Lipinski definition) is 1. The zero-order chi connectivity index (χ0) is 20.5. The van der Waals surface area contributed by atoms with Crippen LogP contribution in [0.1, 0.15) is 35.2 Å². The fraction of sp³-hybridized carbons (Fsp3) is 0.217. The molecule has 4 rings (SSSR count). The summed E-state index contributed by atoms with van der Waals surface area (Å²) in [6.45, 7) is 6.82. The van der Waals surface area contributed by atoms with Crippen molar-refractivity contribution in [3.63, 3.8) is 0 Å². The molecule has 3 heterocycles. The number of benzene rings is 1. The molecule has 0 spiro atoms. The van der Waals surface area contributed by atoms with E-state index in [-0.39, 0.29) is 5.91 Å². The number of thiocarbonyl (C=S) groups is 1. The number of aryl methyl sites for hydroxylation is 2. The van der Waals surface area contributed by atoms with Crippen LogP contribution in [0.25, 0.3) is 6.08 Å². The number of furan rings is 1. The van der Waals surface area contributed by atoms with Crippen LogP contribution in [-0.4, -0.2) is 15.6 Å². The molecule has 1 N–H and O–H groups in total. The van der Waals surface area contributed by atoms with Crippen molar-refractivity contribution >= 4 is 35.0 Å². The highest BCUT2D eigenvalue weighted by Gasteiger charge is 2.33. The molecule has 0 radical (unpaired) electrons. The molecule has 1 saturated heterocycles. The predicted octanol–water partition coefficient (Wildman–Crippen LogP) is 4.57. The van der Waals surface area contributed by atoms with Crippen LogP contribution in [0.5, 0.6) is 0 Å². The van der Waals surface area contributed by atoms with Crippen LogP contribution < -0.4 is 10.2 Å². The van der Waals surface area contributed by atoms with Gasteiger partial charge >= 0.3 is 0 Å². The average Bonchev–Trinajstić information content (AvgIpc) is 3.39. The Morgan fingerprint density at radius 1 is 1.17 bits per heavy atom. The van der Waals surface area contributed by atoms with Crippen molar-refractivity contribution in [2.45, 2.75) is 33.7 Å². The number of carbonyl (C=O) groups excluding carboxylic acids is 1. The van der Waals surface area contributed by atoms with Crippen LogP contribution >= 0.6 is 12.2 Å². The smallest absolute Gasteiger partial charge is 0.281 e. The number of nitrogens with zero attached hydrogens (tertiary/aromatic N) is 2. The lowest BCUT2D eigenvalue weighted by atomic mass is 10.1. The monoisotopic (exact) mass is 405 g/mol. The lowest BCUT2D eigenvalue weighted by molar-refractivity contribution is -0.113. The maximum Gasteiger partial charge on any atom is 0.281 e. The molecule has 0 aliphatic carbocycles. The minimum atomic E-state index is -0.133. The first kappa shape index (κ1) is 19.2. The number of carbonyl (C=O) groups is 1. The van der Waals surface area contributed by atoms with E-state index in [1.54, 1.807) is 11.2 Å². The maximum atomic E-state index is 13.1. The molecule has 0 saturated carbocycles. The predicted molar refractivity (Wildman–Crippen MR) is 119 cm³/mol. The molecule has 148 valence electrons. The van der Waals surface area contributed by atoms with Crippen LogP contribution in [0.15, 0.2) is 58.8 Å². The fourth-order valence-electron chi connectivity index (χ4n) is 3.71. The highest BCUT2D eigenvalue weighted by molar-refractivity contribution is 7.80. The zero-order valence-corrected chi connectivity index (χ0v) is 17.5. The van der Waals surface area contributed by atoms with Gasteiger partial charge in [0.25, 0.3) is 5.91 Å². The molecule has 1 aliphatic heterocycles. The second-order valence-corrected chi connectivity index (χ2v) is 7.49. The van der Waals surface area contributed by atoms with Gasteiger partial charge in [0.05, 0.1) is 18.5 Å². The van der Waals surface area contributed by atoms with Gasteiger partial charge in [0, 0.05) is 11.4 Å². The molecule has 2 aromatic heterocycles. The standard InChI is InChI=1S/C23H23N3O2S/c1-4-17-8-5-6-10-21(17)26-22(27)20(24-23(26)29)13-18-12-15(2)25(16(18)3)14-19-9-7-11-28-19/h5-13H,4,14H2,1-3H3,(H,24,29)/b20-13+. The minimum Gasteiger partial charge on any atom is -0.467 e. The number of amides is 1. The lowest BCUT2D eigenvalue weighted by Gasteiger charge is -2.17. The molecule has 29 heavy (non-hydrogen) atoms. The summed E-state index contributed by atoms with van der Waals surface area (Å²) in [6, 6.07) is 13.8.